The van der Waals surface area contributed by atoms with Gasteiger partial charge in [-0.2, -0.15) is 0 Å². The first-order valence-electron chi connectivity index (χ1n) is 6.59. The lowest BCUT2D eigenvalue weighted by atomic mass is 10.2. The van der Waals surface area contributed by atoms with E-state index in [4.69, 9.17) is 21.1 Å². The van der Waals surface area contributed by atoms with Crippen molar-refractivity contribution in [2.45, 2.75) is 0 Å². The first-order valence-corrected chi connectivity index (χ1v) is 6.97. The molecular formula is C17H16ClNO3. The van der Waals surface area contributed by atoms with Gasteiger partial charge in [0.05, 0.1) is 19.9 Å². The van der Waals surface area contributed by atoms with Crippen LogP contribution in [0.1, 0.15) is 5.56 Å². The summed E-state index contributed by atoms with van der Waals surface area (Å²) in [5.41, 5.74) is 1.34. The number of ether oxygens (including phenoxy) is 2. The van der Waals surface area contributed by atoms with Crippen LogP contribution in [0.4, 0.5) is 5.69 Å². The molecule has 0 unspecified atom stereocenters. The fourth-order valence-corrected chi connectivity index (χ4v) is 2.09. The summed E-state index contributed by atoms with van der Waals surface area (Å²) >= 11 is 5.93. The Morgan fingerprint density at radius 3 is 2.55 bits per heavy atom. The van der Waals surface area contributed by atoms with Crippen LogP contribution >= 0.6 is 11.6 Å². The average Bonchev–Trinajstić information content (AvgIpc) is 2.53. The Labute approximate surface area is 134 Å². The van der Waals surface area contributed by atoms with Gasteiger partial charge in [-0.05, 0) is 30.3 Å². The molecule has 0 atom stereocenters. The number of halogens is 1. The highest BCUT2D eigenvalue weighted by Gasteiger charge is 2.06. The van der Waals surface area contributed by atoms with Gasteiger partial charge in [0.1, 0.15) is 11.5 Å². The number of rotatable bonds is 5. The van der Waals surface area contributed by atoms with Gasteiger partial charge >= 0.3 is 0 Å². The second-order valence-electron chi connectivity index (χ2n) is 4.41. The Kier molecular flexibility index (Phi) is 5.44. The van der Waals surface area contributed by atoms with Gasteiger partial charge in [0.25, 0.3) is 0 Å². The number of nitrogens with one attached hydrogen (secondary N) is 1. The van der Waals surface area contributed by atoms with Crippen molar-refractivity contribution in [3.05, 3.63) is 59.1 Å². The molecule has 0 bridgehead atoms. The van der Waals surface area contributed by atoms with E-state index in [1.165, 1.54) is 13.2 Å². The van der Waals surface area contributed by atoms with Crippen LogP contribution in [0.3, 0.4) is 0 Å². The number of amides is 1. The molecule has 114 valence electrons. The molecular weight excluding hydrogens is 302 g/mol. The van der Waals surface area contributed by atoms with Crippen molar-refractivity contribution >= 4 is 29.3 Å². The monoisotopic (exact) mass is 317 g/mol. The highest BCUT2D eigenvalue weighted by molar-refractivity contribution is 6.31. The maximum Gasteiger partial charge on any atom is 0.248 e. The molecule has 0 radical (unpaired) electrons. The number of hydrogen-bond donors (Lipinski definition) is 1. The molecule has 0 heterocycles. The van der Waals surface area contributed by atoms with Crippen LogP contribution in [0.2, 0.25) is 5.02 Å². The number of benzene rings is 2. The Hall–Kier alpha value is -2.46. The summed E-state index contributed by atoms with van der Waals surface area (Å²) in [7, 11) is 3.12. The van der Waals surface area contributed by atoms with Gasteiger partial charge in [0, 0.05) is 16.7 Å². The van der Waals surface area contributed by atoms with Crippen molar-refractivity contribution in [3.63, 3.8) is 0 Å². The molecule has 22 heavy (non-hydrogen) atoms. The predicted octanol–water partition coefficient (Wildman–Crippen LogP) is 4.01. The lowest BCUT2D eigenvalue weighted by molar-refractivity contribution is -0.111. The van der Waals surface area contributed by atoms with E-state index in [9.17, 15) is 4.79 Å². The molecule has 0 fully saturated rings. The second-order valence-corrected chi connectivity index (χ2v) is 4.85. The molecule has 1 N–H and O–H groups in total. The summed E-state index contributed by atoms with van der Waals surface area (Å²) in [6, 6.07) is 12.5. The Bertz CT molecular complexity index is 698. The van der Waals surface area contributed by atoms with Crippen LogP contribution in [0.25, 0.3) is 6.08 Å². The topological polar surface area (TPSA) is 47.6 Å². The van der Waals surface area contributed by atoms with Gasteiger partial charge in [-0.25, -0.2) is 0 Å². The molecule has 2 aromatic rings. The fraction of sp³-hybridized carbons (Fsp3) is 0.118. The molecule has 0 aromatic heterocycles. The number of carbonyl (C=O) groups excluding carboxylic acids is 1. The SMILES string of the molecule is COc1ccccc1C=CC(=O)Nc1cc(Cl)ccc1OC. The summed E-state index contributed by atoms with van der Waals surface area (Å²) in [5, 5.41) is 3.25. The zero-order valence-electron chi connectivity index (χ0n) is 12.3. The maximum absolute atomic E-state index is 12.0. The minimum Gasteiger partial charge on any atom is -0.496 e. The molecule has 2 rings (SSSR count). The molecule has 5 heteroatoms. The van der Waals surface area contributed by atoms with Crippen LogP contribution in [0.15, 0.2) is 48.5 Å². The molecule has 0 spiro atoms. The fourth-order valence-electron chi connectivity index (χ4n) is 1.92. The van der Waals surface area contributed by atoms with Gasteiger partial charge in [-0.1, -0.05) is 29.8 Å². The van der Waals surface area contributed by atoms with E-state index in [1.54, 1.807) is 31.4 Å². The summed E-state index contributed by atoms with van der Waals surface area (Å²) in [6.07, 6.45) is 3.11. The molecule has 2 aromatic carbocycles. The van der Waals surface area contributed by atoms with Gasteiger partial charge < -0.3 is 14.8 Å². The lowest BCUT2D eigenvalue weighted by Gasteiger charge is -2.09. The Balaban J connectivity index is 2.13. The largest absolute Gasteiger partial charge is 0.496 e. The van der Waals surface area contributed by atoms with Crippen molar-refractivity contribution in [2.24, 2.45) is 0 Å². The number of anilines is 1. The van der Waals surface area contributed by atoms with E-state index in [-0.39, 0.29) is 5.91 Å². The molecule has 1 amide bonds. The van der Waals surface area contributed by atoms with Crippen molar-refractivity contribution in [1.29, 1.82) is 0 Å². The van der Waals surface area contributed by atoms with Crippen LogP contribution < -0.4 is 14.8 Å². The van der Waals surface area contributed by atoms with Crippen LogP contribution in [0, 0.1) is 0 Å². The molecule has 4 nitrogen and oxygen atoms in total. The average molecular weight is 318 g/mol. The smallest absolute Gasteiger partial charge is 0.248 e. The van der Waals surface area contributed by atoms with E-state index in [0.29, 0.717) is 22.2 Å². The maximum atomic E-state index is 12.0. The normalized spacial score (nSPS) is 10.5. The van der Waals surface area contributed by atoms with Crippen molar-refractivity contribution in [3.8, 4) is 11.5 Å². The van der Waals surface area contributed by atoms with Crippen molar-refractivity contribution in [2.75, 3.05) is 19.5 Å². The number of para-hydroxylation sites is 1. The summed E-state index contributed by atoms with van der Waals surface area (Å²) in [5.74, 6) is 0.960. The van der Waals surface area contributed by atoms with Gasteiger partial charge in [0.2, 0.25) is 5.91 Å². The standard InChI is InChI=1S/C17H16ClNO3/c1-21-15-6-4-3-5-12(15)7-10-17(20)19-14-11-13(18)8-9-16(14)22-2/h3-11H,1-2H3,(H,19,20). The molecule has 0 saturated carbocycles. The van der Waals surface area contributed by atoms with Gasteiger partial charge in [0.15, 0.2) is 0 Å². The molecule has 0 aliphatic rings. The molecule has 0 aliphatic carbocycles. The van der Waals surface area contributed by atoms with Gasteiger partial charge in [-0.15, -0.1) is 0 Å². The zero-order chi connectivity index (χ0) is 15.9. The number of carbonyl (C=O) groups is 1. The third-order valence-electron chi connectivity index (χ3n) is 2.97. The minimum absolute atomic E-state index is 0.286. The second kappa shape index (κ2) is 7.52. The predicted molar refractivity (Wildman–Crippen MR) is 88.7 cm³/mol. The van der Waals surface area contributed by atoms with E-state index in [2.05, 4.69) is 5.32 Å². The molecule has 0 aliphatic heterocycles. The van der Waals surface area contributed by atoms with E-state index in [0.717, 1.165) is 5.56 Å². The summed E-state index contributed by atoms with van der Waals surface area (Å²) in [6.45, 7) is 0. The molecule has 0 saturated heterocycles. The highest BCUT2D eigenvalue weighted by Crippen LogP contribution is 2.27. The van der Waals surface area contributed by atoms with E-state index in [1.807, 2.05) is 24.3 Å². The van der Waals surface area contributed by atoms with Crippen LogP contribution in [0.5, 0.6) is 11.5 Å². The zero-order valence-corrected chi connectivity index (χ0v) is 13.1. The third kappa shape index (κ3) is 4.02. The van der Waals surface area contributed by atoms with Gasteiger partial charge in [-0.3, -0.25) is 4.79 Å². The van der Waals surface area contributed by atoms with Crippen molar-refractivity contribution < 1.29 is 14.3 Å². The first-order chi connectivity index (χ1) is 10.6. The Morgan fingerprint density at radius 2 is 1.82 bits per heavy atom. The Morgan fingerprint density at radius 1 is 1.09 bits per heavy atom. The lowest BCUT2D eigenvalue weighted by Crippen LogP contribution is -2.08. The third-order valence-corrected chi connectivity index (χ3v) is 3.21. The summed E-state index contributed by atoms with van der Waals surface area (Å²) < 4.78 is 10.4. The van der Waals surface area contributed by atoms with Crippen LogP contribution in [-0.2, 0) is 4.79 Å². The van der Waals surface area contributed by atoms with Crippen LogP contribution in [-0.4, -0.2) is 20.1 Å². The minimum atomic E-state index is -0.286. The number of methoxy groups -OCH3 is 2. The number of hydrogen-bond acceptors (Lipinski definition) is 3. The quantitative estimate of drug-likeness (QED) is 0.848. The first kappa shape index (κ1) is 15.9. The van der Waals surface area contributed by atoms with Crippen molar-refractivity contribution in [1.82, 2.24) is 0 Å². The van der Waals surface area contributed by atoms with E-state index >= 15 is 0 Å². The van der Waals surface area contributed by atoms with E-state index < -0.39 is 0 Å². The highest BCUT2D eigenvalue weighted by atomic mass is 35.5. The summed E-state index contributed by atoms with van der Waals surface area (Å²) in [4.78, 5) is 12.0.